The van der Waals surface area contributed by atoms with Gasteiger partial charge in [-0.15, -0.1) is 0 Å². The third kappa shape index (κ3) is 6.21. The Morgan fingerprint density at radius 1 is 1.22 bits per heavy atom. The molecule has 0 unspecified atom stereocenters. The maximum atomic E-state index is 13.2. The molecule has 0 bridgehead atoms. The highest BCUT2D eigenvalue weighted by molar-refractivity contribution is 5.87. The van der Waals surface area contributed by atoms with Crippen molar-refractivity contribution < 1.29 is 24.2 Å². The first-order valence-corrected chi connectivity index (χ1v) is 10.7. The highest BCUT2D eigenvalue weighted by atomic mass is 16.6. The minimum atomic E-state index is -1.42. The number of aliphatic carboxylic acids is 1. The van der Waals surface area contributed by atoms with E-state index in [1.807, 2.05) is 0 Å². The van der Waals surface area contributed by atoms with Gasteiger partial charge in [-0.25, -0.2) is 14.4 Å². The smallest absolute Gasteiger partial charge is 0.407 e. The molecule has 0 saturated heterocycles. The minimum Gasteiger partial charge on any atom is -0.479 e. The van der Waals surface area contributed by atoms with E-state index in [9.17, 15) is 29.1 Å². The average molecular weight is 453 g/mol. The fourth-order valence-electron chi connectivity index (χ4n) is 3.86. The molecule has 0 aromatic carbocycles. The van der Waals surface area contributed by atoms with Crippen LogP contribution in [0.4, 0.5) is 4.79 Å². The molecule has 32 heavy (non-hydrogen) atoms. The van der Waals surface area contributed by atoms with E-state index in [0.29, 0.717) is 12.8 Å². The number of nitrogens with one attached hydrogen (secondary N) is 2. The Balaban J connectivity index is 2.27. The van der Waals surface area contributed by atoms with Gasteiger partial charge < -0.3 is 20.1 Å². The zero-order valence-corrected chi connectivity index (χ0v) is 19.0. The van der Waals surface area contributed by atoms with Crippen molar-refractivity contribution >= 4 is 18.0 Å². The third-order valence-electron chi connectivity index (χ3n) is 5.39. The van der Waals surface area contributed by atoms with E-state index in [-0.39, 0.29) is 31.5 Å². The van der Waals surface area contributed by atoms with E-state index in [4.69, 9.17) is 4.74 Å². The first-order chi connectivity index (χ1) is 14.9. The van der Waals surface area contributed by atoms with Gasteiger partial charge in [-0.2, -0.15) is 0 Å². The van der Waals surface area contributed by atoms with Gasteiger partial charge in [-0.1, -0.05) is 19.3 Å². The Bertz CT molecular complexity index is 968. The number of ether oxygens (including phenoxy) is 1. The van der Waals surface area contributed by atoms with Crippen molar-refractivity contribution in [1.29, 1.82) is 0 Å². The minimum absolute atomic E-state index is 0.0186. The summed E-state index contributed by atoms with van der Waals surface area (Å²) in [6, 6.07) is 0. The molecule has 0 spiro atoms. The maximum absolute atomic E-state index is 13.2. The summed E-state index contributed by atoms with van der Waals surface area (Å²) in [7, 11) is 0. The Morgan fingerprint density at radius 2 is 1.84 bits per heavy atom. The van der Waals surface area contributed by atoms with Gasteiger partial charge in [0.1, 0.15) is 17.7 Å². The number of hydrogen-bond donors (Lipinski definition) is 3. The second-order valence-corrected chi connectivity index (χ2v) is 9.07. The van der Waals surface area contributed by atoms with Crippen LogP contribution in [0.5, 0.6) is 0 Å². The lowest BCUT2D eigenvalue weighted by atomic mass is 9.80. The molecule has 3 N–H and O–H groups in total. The summed E-state index contributed by atoms with van der Waals surface area (Å²) >= 11 is 0. The van der Waals surface area contributed by atoms with E-state index in [1.54, 1.807) is 20.8 Å². The molecule has 1 saturated carbocycles. The number of H-pyrrole nitrogens is 1. The second kappa shape index (κ2) is 10.0. The van der Waals surface area contributed by atoms with Crippen LogP contribution in [0.25, 0.3) is 0 Å². The van der Waals surface area contributed by atoms with E-state index < -0.39 is 46.9 Å². The van der Waals surface area contributed by atoms with Crippen molar-refractivity contribution in [2.45, 2.75) is 77.5 Å². The van der Waals surface area contributed by atoms with Crippen molar-refractivity contribution in [3.05, 3.63) is 32.6 Å². The van der Waals surface area contributed by atoms with E-state index in [1.165, 1.54) is 18.0 Å². The molecule has 11 nitrogen and oxygen atoms in total. The van der Waals surface area contributed by atoms with Gasteiger partial charge in [0.05, 0.1) is 0 Å². The van der Waals surface area contributed by atoms with Gasteiger partial charge in [-0.05, 0) is 40.5 Å². The number of carbonyl (C=O) groups is 3. The molecule has 0 aliphatic heterocycles. The zero-order chi connectivity index (χ0) is 24.1. The number of nitrogens with zero attached hydrogens (tertiary/aromatic N) is 2. The quantitative estimate of drug-likeness (QED) is 0.558. The molecular formula is C21H32N4O7. The van der Waals surface area contributed by atoms with Crippen molar-refractivity contribution in [2.24, 2.45) is 0 Å². The number of carboxylic acid groups (broad SMARTS) is 1. The number of aromatic amines is 1. The number of aryl methyl sites for hydroxylation is 1. The lowest BCUT2D eigenvalue weighted by molar-refractivity contribution is -0.162. The normalized spacial score (nSPS) is 15.6. The van der Waals surface area contributed by atoms with Crippen LogP contribution in [-0.2, 0) is 20.9 Å². The molecule has 0 atom stereocenters. The van der Waals surface area contributed by atoms with Crippen molar-refractivity contribution in [1.82, 2.24) is 19.8 Å². The molecule has 1 fully saturated rings. The van der Waals surface area contributed by atoms with Gasteiger partial charge in [0.2, 0.25) is 5.91 Å². The molecule has 0 radical (unpaired) electrons. The monoisotopic (exact) mass is 452 g/mol. The Kier molecular flexibility index (Phi) is 7.87. The van der Waals surface area contributed by atoms with Gasteiger partial charge in [0.25, 0.3) is 5.56 Å². The molecule has 1 aromatic rings. The van der Waals surface area contributed by atoms with Crippen molar-refractivity contribution in [2.75, 3.05) is 13.1 Å². The molecule has 1 aliphatic carbocycles. The third-order valence-corrected chi connectivity index (χ3v) is 5.39. The van der Waals surface area contributed by atoms with Crippen molar-refractivity contribution in [3.63, 3.8) is 0 Å². The summed E-state index contributed by atoms with van der Waals surface area (Å²) in [5, 5.41) is 12.6. The number of alkyl carbamates (subject to hydrolysis) is 1. The molecule has 178 valence electrons. The van der Waals surface area contributed by atoms with E-state index >= 15 is 0 Å². The summed E-state index contributed by atoms with van der Waals surface area (Å²) in [5.41, 5.74) is -3.18. The first-order valence-electron chi connectivity index (χ1n) is 10.7. The Hall–Kier alpha value is -3.11. The second-order valence-electron chi connectivity index (χ2n) is 9.07. The summed E-state index contributed by atoms with van der Waals surface area (Å²) in [4.78, 5) is 64.6. The Labute approximate surface area is 185 Å². The van der Waals surface area contributed by atoms with Crippen LogP contribution in [0.3, 0.4) is 0 Å². The van der Waals surface area contributed by atoms with Crippen LogP contribution in [0.1, 0.15) is 58.4 Å². The van der Waals surface area contributed by atoms with Crippen LogP contribution in [0.15, 0.2) is 15.8 Å². The fourth-order valence-corrected chi connectivity index (χ4v) is 3.86. The predicted molar refractivity (Wildman–Crippen MR) is 115 cm³/mol. The van der Waals surface area contributed by atoms with Crippen LogP contribution in [-0.4, -0.2) is 61.8 Å². The zero-order valence-electron chi connectivity index (χ0n) is 19.0. The fraction of sp³-hybridized carbons (Fsp3) is 0.667. The molecular weight excluding hydrogens is 420 g/mol. The van der Waals surface area contributed by atoms with Gasteiger partial charge in [0.15, 0.2) is 0 Å². The van der Waals surface area contributed by atoms with Crippen LogP contribution in [0, 0.1) is 6.92 Å². The largest absolute Gasteiger partial charge is 0.479 e. The number of aromatic nitrogens is 2. The molecule has 2 rings (SSSR count). The standard InChI is InChI=1S/C21H32N4O7/c1-14-12-24(18(30)23-16(14)27)13-15(26)25(11-10-22-19(31)32-20(2,3)4)21(17(28)29)8-6-5-7-9-21/h12H,5-11,13H2,1-4H3,(H,22,31)(H,28,29)(H,23,27,30). The summed E-state index contributed by atoms with van der Waals surface area (Å²) in [5.74, 6) is -1.71. The Morgan fingerprint density at radius 3 is 2.41 bits per heavy atom. The van der Waals surface area contributed by atoms with Crippen LogP contribution < -0.4 is 16.6 Å². The number of carboxylic acids is 1. The highest BCUT2D eigenvalue weighted by Gasteiger charge is 2.47. The summed E-state index contributed by atoms with van der Waals surface area (Å²) < 4.78 is 6.23. The lowest BCUT2D eigenvalue weighted by Gasteiger charge is -2.43. The van der Waals surface area contributed by atoms with Gasteiger partial charge >= 0.3 is 17.8 Å². The molecule has 1 aliphatic rings. The molecule has 1 aromatic heterocycles. The SMILES string of the molecule is Cc1cn(CC(=O)N(CCNC(=O)OC(C)(C)C)C2(C(=O)O)CCCCC2)c(=O)[nH]c1=O. The average Bonchev–Trinajstić information content (AvgIpc) is 2.68. The van der Waals surface area contributed by atoms with E-state index in [0.717, 1.165) is 11.0 Å². The van der Waals surface area contributed by atoms with Gasteiger partial charge in [0, 0.05) is 24.8 Å². The number of hydrogen-bond acceptors (Lipinski definition) is 6. The molecule has 11 heteroatoms. The predicted octanol–water partition coefficient (Wildman–Crippen LogP) is 0.986. The highest BCUT2D eigenvalue weighted by Crippen LogP contribution is 2.34. The molecule has 2 amide bonds. The summed E-state index contributed by atoms with van der Waals surface area (Å²) in [6.45, 7) is 6.13. The van der Waals surface area contributed by atoms with Crippen LogP contribution >= 0.6 is 0 Å². The molecule has 1 heterocycles. The first kappa shape index (κ1) is 25.2. The topological polar surface area (TPSA) is 151 Å². The maximum Gasteiger partial charge on any atom is 0.407 e. The lowest BCUT2D eigenvalue weighted by Crippen LogP contribution is -2.60. The van der Waals surface area contributed by atoms with Gasteiger partial charge in [-0.3, -0.25) is 19.1 Å². The number of carbonyl (C=O) groups excluding carboxylic acids is 2. The van der Waals surface area contributed by atoms with Crippen molar-refractivity contribution in [3.8, 4) is 0 Å². The number of rotatable bonds is 7. The number of amides is 2. The van der Waals surface area contributed by atoms with E-state index in [2.05, 4.69) is 10.3 Å². The van der Waals surface area contributed by atoms with Crippen LogP contribution in [0.2, 0.25) is 0 Å². The summed E-state index contributed by atoms with van der Waals surface area (Å²) in [6.07, 6.45) is 3.31.